The molecule has 0 saturated carbocycles. The second-order valence-corrected chi connectivity index (χ2v) is 7.06. The SMILES string of the molecule is Clc1nc(-c2ccco2)nc2c1nc(Cc1ccccn1)n2C1CCCCO1. The van der Waals surface area contributed by atoms with Crippen molar-refractivity contribution in [1.82, 2.24) is 24.5 Å². The Kier molecular flexibility index (Phi) is 4.54. The van der Waals surface area contributed by atoms with Crippen molar-refractivity contribution in [2.75, 3.05) is 6.61 Å². The molecule has 0 radical (unpaired) electrons. The Morgan fingerprint density at radius 1 is 1.11 bits per heavy atom. The van der Waals surface area contributed by atoms with Gasteiger partial charge in [-0.05, 0) is 43.5 Å². The number of furan rings is 1. The summed E-state index contributed by atoms with van der Waals surface area (Å²) in [6.45, 7) is 0.719. The highest BCUT2D eigenvalue weighted by molar-refractivity contribution is 6.33. The van der Waals surface area contributed by atoms with E-state index in [4.69, 9.17) is 30.7 Å². The number of fused-ring (bicyclic) bond motifs is 1. The van der Waals surface area contributed by atoms with Gasteiger partial charge in [0.2, 0.25) is 0 Å². The second kappa shape index (κ2) is 7.33. The largest absolute Gasteiger partial charge is 0.461 e. The smallest absolute Gasteiger partial charge is 0.199 e. The summed E-state index contributed by atoms with van der Waals surface area (Å²) in [6.07, 6.45) is 6.85. The molecule has 4 aromatic heterocycles. The summed E-state index contributed by atoms with van der Waals surface area (Å²) < 4.78 is 13.6. The van der Waals surface area contributed by atoms with Crippen LogP contribution in [0.5, 0.6) is 0 Å². The summed E-state index contributed by atoms with van der Waals surface area (Å²) in [5.74, 6) is 1.81. The van der Waals surface area contributed by atoms with E-state index in [9.17, 15) is 0 Å². The van der Waals surface area contributed by atoms with Crippen molar-refractivity contribution in [3.8, 4) is 11.6 Å². The van der Waals surface area contributed by atoms with Crippen molar-refractivity contribution in [2.24, 2.45) is 0 Å². The van der Waals surface area contributed by atoms with E-state index in [-0.39, 0.29) is 6.23 Å². The van der Waals surface area contributed by atoms with Crippen LogP contribution in [0.1, 0.15) is 37.0 Å². The number of hydrogen-bond donors (Lipinski definition) is 0. The maximum atomic E-state index is 6.48. The number of aromatic nitrogens is 5. The average Bonchev–Trinajstić information content (AvgIpc) is 3.38. The quantitative estimate of drug-likeness (QED) is 0.476. The summed E-state index contributed by atoms with van der Waals surface area (Å²) in [5, 5.41) is 0.299. The molecule has 5 heterocycles. The van der Waals surface area contributed by atoms with Crippen molar-refractivity contribution in [3.63, 3.8) is 0 Å². The molecule has 1 fully saturated rings. The van der Waals surface area contributed by atoms with Gasteiger partial charge in [0.1, 0.15) is 17.6 Å². The number of imidazole rings is 1. The Hall–Kier alpha value is -2.77. The van der Waals surface area contributed by atoms with Crippen molar-refractivity contribution < 1.29 is 9.15 Å². The van der Waals surface area contributed by atoms with Gasteiger partial charge in [0.15, 0.2) is 22.4 Å². The van der Waals surface area contributed by atoms with E-state index in [0.717, 1.165) is 37.4 Å². The number of halogens is 1. The van der Waals surface area contributed by atoms with Crippen LogP contribution in [0.25, 0.3) is 22.7 Å². The molecule has 0 aromatic carbocycles. The molecule has 28 heavy (non-hydrogen) atoms. The minimum atomic E-state index is -0.132. The van der Waals surface area contributed by atoms with Gasteiger partial charge in [-0.1, -0.05) is 17.7 Å². The Labute approximate surface area is 166 Å². The number of ether oxygens (including phenoxy) is 1. The lowest BCUT2D eigenvalue weighted by molar-refractivity contribution is -0.0311. The van der Waals surface area contributed by atoms with Gasteiger partial charge in [-0.15, -0.1) is 0 Å². The fourth-order valence-corrected chi connectivity index (χ4v) is 3.73. The number of nitrogens with zero attached hydrogens (tertiary/aromatic N) is 5. The molecule has 1 aliphatic heterocycles. The first-order valence-electron chi connectivity index (χ1n) is 9.29. The Bertz CT molecular complexity index is 1090. The summed E-state index contributed by atoms with van der Waals surface area (Å²) >= 11 is 6.48. The van der Waals surface area contributed by atoms with Crippen LogP contribution in [0, 0.1) is 0 Å². The Morgan fingerprint density at radius 3 is 2.82 bits per heavy atom. The zero-order valence-corrected chi connectivity index (χ0v) is 15.8. The molecule has 4 aromatic rings. The maximum Gasteiger partial charge on any atom is 0.199 e. The predicted octanol–water partition coefficient (Wildman–Crippen LogP) is 4.42. The third-order valence-electron chi connectivity index (χ3n) is 4.82. The van der Waals surface area contributed by atoms with Crippen molar-refractivity contribution in [2.45, 2.75) is 31.9 Å². The molecule has 0 N–H and O–H groups in total. The second-order valence-electron chi connectivity index (χ2n) is 6.70. The molecular formula is C20H18ClN5O2. The van der Waals surface area contributed by atoms with E-state index in [1.165, 1.54) is 0 Å². The molecule has 142 valence electrons. The molecule has 7 nitrogen and oxygen atoms in total. The van der Waals surface area contributed by atoms with Gasteiger partial charge in [0.25, 0.3) is 0 Å². The van der Waals surface area contributed by atoms with Crippen LogP contribution in [0.4, 0.5) is 0 Å². The molecule has 5 rings (SSSR count). The fraction of sp³-hybridized carbons (Fsp3) is 0.300. The predicted molar refractivity (Wildman–Crippen MR) is 104 cm³/mol. The number of pyridine rings is 1. The van der Waals surface area contributed by atoms with Gasteiger partial charge < -0.3 is 9.15 Å². The van der Waals surface area contributed by atoms with E-state index < -0.39 is 0 Å². The lowest BCUT2D eigenvalue weighted by Crippen LogP contribution is -2.20. The molecule has 0 amide bonds. The maximum absolute atomic E-state index is 6.48. The summed E-state index contributed by atoms with van der Waals surface area (Å²) in [7, 11) is 0. The Balaban J connectivity index is 1.68. The topological polar surface area (TPSA) is 78.9 Å². The molecule has 0 spiro atoms. The molecule has 0 bridgehead atoms. The van der Waals surface area contributed by atoms with Gasteiger partial charge in [-0.2, -0.15) is 0 Å². The highest BCUT2D eigenvalue weighted by Crippen LogP contribution is 2.32. The molecule has 8 heteroatoms. The molecule has 1 saturated heterocycles. The minimum Gasteiger partial charge on any atom is -0.461 e. The van der Waals surface area contributed by atoms with Crippen LogP contribution in [0.2, 0.25) is 5.15 Å². The van der Waals surface area contributed by atoms with Crippen LogP contribution in [0.3, 0.4) is 0 Å². The van der Waals surface area contributed by atoms with E-state index in [1.54, 1.807) is 18.5 Å². The first kappa shape index (κ1) is 17.3. The summed E-state index contributed by atoms with van der Waals surface area (Å²) in [6, 6.07) is 9.45. The highest BCUT2D eigenvalue weighted by Gasteiger charge is 2.25. The average molecular weight is 396 g/mol. The normalized spacial score (nSPS) is 17.2. The Morgan fingerprint density at radius 2 is 2.07 bits per heavy atom. The van der Waals surface area contributed by atoms with Crippen LogP contribution < -0.4 is 0 Å². The third-order valence-corrected chi connectivity index (χ3v) is 5.08. The van der Waals surface area contributed by atoms with Crippen LogP contribution in [0.15, 0.2) is 47.2 Å². The first-order chi connectivity index (χ1) is 13.8. The summed E-state index contributed by atoms with van der Waals surface area (Å²) in [4.78, 5) is 18.3. The van der Waals surface area contributed by atoms with E-state index in [1.807, 2.05) is 28.8 Å². The highest BCUT2D eigenvalue weighted by atomic mass is 35.5. The minimum absolute atomic E-state index is 0.132. The lowest BCUT2D eigenvalue weighted by Gasteiger charge is -2.25. The van der Waals surface area contributed by atoms with Crippen LogP contribution in [-0.4, -0.2) is 31.1 Å². The van der Waals surface area contributed by atoms with Gasteiger partial charge in [-0.25, -0.2) is 15.0 Å². The molecule has 1 atom stereocenters. The van der Waals surface area contributed by atoms with Gasteiger partial charge in [0, 0.05) is 24.9 Å². The van der Waals surface area contributed by atoms with E-state index in [0.29, 0.717) is 34.3 Å². The third kappa shape index (κ3) is 3.16. The fourth-order valence-electron chi connectivity index (χ4n) is 3.52. The van der Waals surface area contributed by atoms with Gasteiger partial charge >= 0.3 is 0 Å². The van der Waals surface area contributed by atoms with Gasteiger partial charge in [0.05, 0.1) is 6.26 Å². The van der Waals surface area contributed by atoms with Crippen molar-refractivity contribution in [3.05, 3.63) is 59.5 Å². The molecule has 1 unspecified atom stereocenters. The number of rotatable bonds is 4. The zero-order valence-electron chi connectivity index (χ0n) is 15.1. The molecule has 0 aliphatic carbocycles. The monoisotopic (exact) mass is 395 g/mol. The van der Waals surface area contributed by atoms with E-state index >= 15 is 0 Å². The summed E-state index contributed by atoms with van der Waals surface area (Å²) in [5.41, 5.74) is 2.14. The van der Waals surface area contributed by atoms with Crippen LogP contribution >= 0.6 is 11.6 Å². The van der Waals surface area contributed by atoms with Crippen LogP contribution in [-0.2, 0) is 11.2 Å². The number of hydrogen-bond acceptors (Lipinski definition) is 6. The van der Waals surface area contributed by atoms with Gasteiger partial charge in [-0.3, -0.25) is 9.55 Å². The standard InChI is InChI=1S/C20H18ClN5O2/c21-18-17-20(25-19(24-18)14-7-5-11-27-14)26(16-8-2-4-10-28-16)15(23-17)12-13-6-1-3-9-22-13/h1,3,5-7,9,11,16H,2,4,8,10,12H2. The zero-order chi connectivity index (χ0) is 18.9. The van der Waals surface area contributed by atoms with Crippen molar-refractivity contribution in [1.29, 1.82) is 0 Å². The molecular weight excluding hydrogens is 378 g/mol. The van der Waals surface area contributed by atoms with E-state index in [2.05, 4.69) is 9.97 Å². The molecule has 1 aliphatic rings. The van der Waals surface area contributed by atoms with Crippen molar-refractivity contribution >= 4 is 22.8 Å². The first-order valence-corrected chi connectivity index (χ1v) is 9.67. The lowest BCUT2D eigenvalue weighted by atomic mass is 10.2.